The van der Waals surface area contributed by atoms with E-state index in [2.05, 4.69) is 4.99 Å². The molecule has 1 aliphatic rings. The van der Waals surface area contributed by atoms with Crippen LogP contribution in [0.2, 0.25) is 0 Å². The molecule has 0 spiro atoms. The van der Waals surface area contributed by atoms with E-state index in [0.717, 1.165) is 0 Å². The molecule has 0 aromatic rings. The number of hydrogen-bond acceptors (Lipinski definition) is 5. The molecule has 0 aromatic carbocycles. The number of esters is 1. The summed E-state index contributed by atoms with van der Waals surface area (Å²) >= 11 is 0. The second-order valence-corrected chi connectivity index (χ2v) is 6.04. The van der Waals surface area contributed by atoms with Crippen LogP contribution in [0.1, 0.15) is 33.6 Å². The van der Waals surface area contributed by atoms with Gasteiger partial charge in [0.15, 0.2) is 0 Å². The molecule has 150 valence electrons. The van der Waals surface area contributed by atoms with Crippen molar-refractivity contribution in [3.63, 3.8) is 0 Å². The van der Waals surface area contributed by atoms with Crippen molar-refractivity contribution >= 4 is 23.4 Å². The predicted molar refractivity (Wildman–Crippen MR) is 91.2 cm³/mol. The second-order valence-electron chi connectivity index (χ2n) is 6.04. The van der Waals surface area contributed by atoms with Crippen LogP contribution >= 0.6 is 0 Å². The Morgan fingerprint density at radius 2 is 1.93 bits per heavy atom. The van der Waals surface area contributed by atoms with E-state index in [1.807, 2.05) is 0 Å². The zero-order chi connectivity index (χ0) is 20.8. The standard InChI is InChI=1S/C18H22F3NO5/c1-5-27-17(25)14-8-13(10(2)6-7-12(14)9-26-4)15(23)16(24)22-11(3)18(19,20)21/h8,10H,5-7,9H2,1-4H3. The first-order valence-corrected chi connectivity index (χ1v) is 8.33. The van der Waals surface area contributed by atoms with E-state index in [1.54, 1.807) is 13.8 Å². The number of ketones is 1. The van der Waals surface area contributed by atoms with Gasteiger partial charge in [-0.25, -0.2) is 9.79 Å². The van der Waals surface area contributed by atoms with Gasteiger partial charge in [-0.15, -0.1) is 0 Å². The van der Waals surface area contributed by atoms with Crippen molar-refractivity contribution < 1.29 is 37.0 Å². The van der Waals surface area contributed by atoms with Crippen LogP contribution in [0.5, 0.6) is 0 Å². The van der Waals surface area contributed by atoms with E-state index in [1.165, 1.54) is 13.2 Å². The number of alkyl halides is 3. The number of ether oxygens (including phenoxy) is 2. The van der Waals surface area contributed by atoms with E-state index in [4.69, 9.17) is 9.47 Å². The Hall–Kier alpha value is -2.29. The van der Waals surface area contributed by atoms with Gasteiger partial charge in [-0.1, -0.05) is 6.92 Å². The molecule has 1 rings (SSSR count). The smallest absolute Gasteiger partial charge is 0.429 e. The molecule has 0 saturated carbocycles. The van der Waals surface area contributed by atoms with Crippen molar-refractivity contribution in [2.24, 2.45) is 10.9 Å². The molecule has 1 amide bonds. The number of hydrogen-bond donors (Lipinski definition) is 0. The molecule has 1 unspecified atom stereocenters. The molecule has 27 heavy (non-hydrogen) atoms. The fourth-order valence-corrected chi connectivity index (χ4v) is 2.50. The summed E-state index contributed by atoms with van der Waals surface area (Å²) in [6.45, 7) is 4.09. The third-order valence-electron chi connectivity index (χ3n) is 4.04. The lowest BCUT2D eigenvalue weighted by Gasteiger charge is -2.12. The Kier molecular flexibility index (Phi) is 8.08. The number of Topliss-reactive ketones (excluding diaryl/α,β-unsaturated/α-hetero) is 1. The van der Waals surface area contributed by atoms with Gasteiger partial charge < -0.3 is 9.47 Å². The van der Waals surface area contributed by atoms with Crippen molar-refractivity contribution in [1.29, 1.82) is 0 Å². The summed E-state index contributed by atoms with van der Waals surface area (Å²) < 4.78 is 47.7. The van der Waals surface area contributed by atoms with Gasteiger partial charge >= 0.3 is 18.1 Å². The topological polar surface area (TPSA) is 82.0 Å². The molecule has 0 radical (unpaired) electrons. The van der Waals surface area contributed by atoms with Gasteiger partial charge in [-0.2, -0.15) is 13.2 Å². The van der Waals surface area contributed by atoms with Gasteiger partial charge in [0.25, 0.3) is 0 Å². The fourth-order valence-electron chi connectivity index (χ4n) is 2.50. The highest BCUT2D eigenvalue weighted by atomic mass is 19.4. The molecule has 6 nitrogen and oxygen atoms in total. The zero-order valence-corrected chi connectivity index (χ0v) is 15.6. The summed E-state index contributed by atoms with van der Waals surface area (Å²) in [5, 5.41) is 0. The Morgan fingerprint density at radius 3 is 2.44 bits per heavy atom. The van der Waals surface area contributed by atoms with Gasteiger partial charge in [-0.3, -0.25) is 9.59 Å². The number of nitrogens with zero attached hydrogens (tertiary/aromatic N) is 1. The first-order chi connectivity index (χ1) is 12.5. The summed E-state index contributed by atoms with van der Waals surface area (Å²) in [6, 6.07) is 0. The third kappa shape index (κ3) is 6.13. The van der Waals surface area contributed by atoms with Crippen LogP contribution in [0.25, 0.3) is 0 Å². The van der Waals surface area contributed by atoms with Gasteiger partial charge in [-0.05, 0) is 44.3 Å². The summed E-state index contributed by atoms with van der Waals surface area (Å²) in [6.07, 6.45) is -2.77. The molecule has 0 aliphatic heterocycles. The molecule has 0 fully saturated rings. The molecule has 0 bridgehead atoms. The number of methoxy groups -OCH3 is 1. The zero-order valence-electron chi connectivity index (χ0n) is 15.6. The average Bonchev–Trinajstić information content (AvgIpc) is 2.73. The monoisotopic (exact) mass is 389 g/mol. The first-order valence-electron chi connectivity index (χ1n) is 8.33. The Morgan fingerprint density at radius 1 is 1.30 bits per heavy atom. The Balaban J connectivity index is 3.33. The normalized spacial score (nSPS) is 18.7. The van der Waals surface area contributed by atoms with Crippen LogP contribution in [0, 0.1) is 5.92 Å². The molecule has 1 atom stereocenters. The van der Waals surface area contributed by atoms with Gasteiger partial charge in [0.1, 0.15) is 5.71 Å². The molecule has 0 N–H and O–H groups in total. The van der Waals surface area contributed by atoms with E-state index in [0.29, 0.717) is 25.3 Å². The minimum absolute atomic E-state index is 0.0760. The maximum absolute atomic E-state index is 12.6. The average molecular weight is 389 g/mol. The Labute approximate surface area is 155 Å². The highest BCUT2D eigenvalue weighted by Gasteiger charge is 2.34. The first kappa shape index (κ1) is 22.8. The minimum atomic E-state index is -4.80. The maximum Gasteiger partial charge on any atom is 0.429 e. The van der Waals surface area contributed by atoms with Crippen LogP contribution in [-0.4, -0.2) is 49.9 Å². The minimum Gasteiger partial charge on any atom is -0.462 e. The summed E-state index contributed by atoms with van der Waals surface area (Å²) in [7, 11) is 1.44. The summed E-state index contributed by atoms with van der Waals surface area (Å²) in [4.78, 5) is 39.4. The summed E-state index contributed by atoms with van der Waals surface area (Å²) in [5.41, 5.74) is -0.819. The number of carbonyl (C=O) groups excluding carboxylic acids is 3. The van der Waals surface area contributed by atoms with Crippen LogP contribution in [0.3, 0.4) is 0 Å². The van der Waals surface area contributed by atoms with Crippen molar-refractivity contribution in [3.05, 3.63) is 22.8 Å². The highest BCUT2D eigenvalue weighted by molar-refractivity contribution is 6.44. The SMILES string of the molecule is CCOC(=O)C1=C(COC)CCC(C)C(C(=O)C(=O)N=C(C)C(F)(F)F)=C1. The second kappa shape index (κ2) is 9.59. The molecule has 0 saturated heterocycles. The van der Waals surface area contributed by atoms with Crippen LogP contribution < -0.4 is 0 Å². The lowest BCUT2D eigenvalue weighted by molar-refractivity contribution is -0.138. The van der Waals surface area contributed by atoms with E-state index >= 15 is 0 Å². The lowest BCUT2D eigenvalue weighted by Crippen LogP contribution is -2.25. The number of rotatable bonds is 6. The van der Waals surface area contributed by atoms with Gasteiger partial charge in [0.2, 0.25) is 5.78 Å². The quantitative estimate of drug-likeness (QED) is 0.396. The largest absolute Gasteiger partial charge is 0.462 e. The molecular formula is C18H22F3NO5. The molecule has 1 aliphatic carbocycles. The van der Waals surface area contributed by atoms with Crippen LogP contribution in [0.4, 0.5) is 13.2 Å². The van der Waals surface area contributed by atoms with E-state index < -0.39 is 35.5 Å². The van der Waals surface area contributed by atoms with E-state index in [9.17, 15) is 27.6 Å². The van der Waals surface area contributed by atoms with Crippen LogP contribution in [0.15, 0.2) is 27.8 Å². The summed E-state index contributed by atoms with van der Waals surface area (Å²) in [5.74, 6) is -3.85. The van der Waals surface area contributed by atoms with Gasteiger partial charge in [0.05, 0.1) is 18.8 Å². The van der Waals surface area contributed by atoms with Crippen LogP contribution in [-0.2, 0) is 23.9 Å². The fraction of sp³-hybridized carbons (Fsp3) is 0.556. The van der Waals surface area contributed by atoms with Crippen molar-refractivity contribution in [2.75, 3.05) is 20.3 Å². The number of carbonyl (C=O) groups is 3. The molecule has 9 heteroatoms. The van der Waals surface area contributed by atoms with Crippen molar-refractivity contribution in [3.8, 4) is 0 Å². The number of aliphatic imine (C=N–C) groups is 1. The predicted octanol–water partition coefficient (Wildman–Crippen LogP) is 2.97. The number of halogens is 3. The number of amides is 1. The lowest BCUT2D eigenvalue weighted by atomic mass is 9.93. The molecule has 0 heterocycles. The maximum atomic E-state index is 12.6. The molecular weight excluding hydrogens is 367 g/mol. The van der Waals surface area contributed by atoms with Gasteiger partial charge in [0, 0.05) is 12.7 Å². The molecule has 0 aromatic heterocycles. The van der Waals surface area contributed by atoms with Crippen molar-refractivity contribution in [2.45, 2.75) is 39.8 Å². The third-order valence-corrected chi connectivity index (χ3v) is 4.04. The van der Waals surface area contributed by atoms with E-state index in [-0.39, 0.29) is 24.4 Å². The highest BCUT2D eigenvalue weighted by Crippen LogP contribution is 2.29. The Bertz CT molecular complexity index is 704. The van der Waals surface area contributed by atoms with Crippen molar-refractivity contribution in [1.82, 2.24) is 0 Å².